The van der Waals surface area contributed by atoms with Gasteiger partial charge in [0.2, 0.25) is 0 Å². The van der Waals surface area contributed by atoms with E-state index in [0.717, 1.165) is 27.4 Å². The van der Waals surface area contributed by atoms with Crippen molar-refractivity contribution in [1.82, 2.24) is 5.32 Å². The van der Waals surface area contributed by atoms with Crippen LogP contribution in [0.2, 0.25) is 0 Å². The summed E-state index contributed by atoms with van der Waals surface area (Å²) in [5.74, 6) is 1.72. The largest absolute Gasteiger partial charge is 0.452 e. The Bertz CT molecular complexity index is 527. The van der Waals surface area contributed by atoms with Gasteiger partial charge in [-0.2, -0.15) is 0 Å². The zero-order valence-corrected chi connectivity index (χ0v) is 15.1. The molecule has 0 saturated heterocycles. The molecular formula is C15H17Br2NOS. The number of hydrogen-bond acceptors (Lipinski definition) is 3. The number of halogens is 2. The quantitative estimate of drug-likeness (QED) is 0.654. The van der Waals surface area contributed by atoms with Crippen molar-refractivity contribution in [3.8, 4) is 0 Å². The van der Waals surface area contributed by atoms with Gasteiger partial charge in [-0.1, -0.05) is 18.9 Å². The lowest BCUT2D eigenvalue weighted by Crippen LogP contribution is -2.25. The van der Waals surface area contributed by atoms with Crippen molar-refractivity contribution in [2.24, 2.45) is 5.92 Å². The van der Waals surface area contributed by atoms with Gasteiger partial charge in [0, 0.05) is 10.9 Å². The van der Waals surface area contributed by atoms with Crippen LogP contribution in [0.15, 0.2) is 37.1 Å². The Morgan fingerprint density at radius 1 is 1.35 bits per heavy atom. The summed E-state index contributed by atoms with van der Waals surface area (Å²) in [5, 5.41) is 5.86. The molecule has 0 amide bonds. The van der Waals surface area contributed by atoms with Crippen LogP contribution in [0.25, 0.3) is 0 Å². The first-order chi connectivity index (χ1) is 9.74. The highest BCUT2D eigenvalue weighted by atomic mass is 79.9. The molecule has 1 aliphatic carbocycles. The van der Waals surface area contributed by atoms with Gasteiger partial charge < -0.3 is 9.73 Å². The van der Waals surface area contributed by atoms with Crippen molar-refractivity contribution in [1.29, 1.82) is 0 Å². The molecule has 1 aliphatic rings. The molecule has 1 unspecified atom stereocenters. The topological polar surface area (TPSA) is 25.2 Å². The van der Waals surface area contributed by atoms with E-state index < -0.39 is 0 Å². The van der Waals surface area contributed by atoms with E-state index in [4.69, 9.17) is 4.42 Å². The first kappa shape index (κ1) is 14.8. The van der Waals surface area contributed by atoms with Crippen LogP contribution < -0.4 is 5.32 Å². The smallest absolute Gasteiger partial charge is 0.183 e. The van der Waals surface area contributed by atoms with Gasteiger partial charge in [0.15, 0.2) is 4.67 Å². The fraction of sp³-hybridized carbons (Fsp3) is 0.467. The van der Waals surface area contributed by atoms with Gasteiger partial charge in [0.05, 0.1) is 11.0 Å². The van der Waals surface area contributed by atoms with E-state index in [9.17, 15) is 0 Å². The Morgan fingerprint density at radius 2 is 2.15 bits per heavy atom. The van der Waals surface area contributed by atoms with Crippen molar-refractivity contribution < 1.29 is 4.42 Å². The van der Waals surface area contributed by atoms with Crippen LogP contribution in [-0.2, 0) is 6.54 Å². The van der Waals surface area contributed by atoms with Gasteiger partial charge in [-0.25, -0.2) is 0 Å². The van der Waals surface area contributed by atoms with Crippen LogP contribution in [0, 0.1) is 5.92 Å². The Morgan fingerprint density at radius 3 is 2.75 bits per heavy atom. The summed E-state index contributed by atoms with van der Waals surface area (Å²) in [7, 11) is 0. The average molecular weight is 419 g/mol. The summed E-state index contributed by atoms with van der Waals surface area (Å²) in [4.78, 5) is 1.45. The molecule has 2 heterocycles. The van der Waals surface area contributed by atoms with Crippen LogP contribution in [0.4, 0.5) is 0 Å². The highest BCUT2D eigenvalue weighted by Crippen LogP contribution is 2.37. The van der Waals surface area contributed by atoms with Crippen LogP contribution in [0.3, 0.4) is 0 Å². The monoisotopic (exact) mass is 417 g/mol. The van der Waals surface area contributed by atoms with Crippen LogP contribution in [0.1, 0.15) is 42.4 Å². The zero-order chi connectivity index (χ0) is 13.9. The SMILES string of the molecule is Brc1cc(CNC(c2cccs2)C2CCCC2)oc1Br. The van der Waals surface area contributed by atoms with E-state index in [1.807, 2.05) is 17.4 Å². The summed E-state index contributed by atoms with van der Waals surface area (Å²) in [5.41, 5.74) is 0. The third-order valence-electron chi connectivity index (χ3n) is 3.91. The lowest BCUT2D eigenvalue weighted by molar-refractivity contribution is 0.352. The molecule has 2 aromatic heterocycles. The number of hydrogen-bond donors (Lipinski definition) is 1. The van der Waals surface area contributed by atoms with Crippen LogP contribution >= 0.6 is 43.2 Å². The molecule has 2 nitrogen and oxygen atoms in total. The van der Waals surface area contributed by atoms with Crippen LogP contribution in [0.5, 0.6) is 0 Å². The van der Waals surface area contributed by atoms with E-state index in [1.54, 1.807) is 0 Å². The standard InChI is InChI=1S/C15H17Br2NOS/c16-12-8-11(19-15(12)17)9-18-14(10-4-1-2-5-10)13-6-3-7-20-13/h3,6-8,10,14,18H,1-2,4-5,9H2. The molecule has 1 atom stereocenters. The second kappa shape index (κ2) is 6.77. The van der Waals surface area contributed by atoms with Gasteiger partial charge >= 0.3 is 0 Å². The summed E-state index contributed by atoms with van der Waals surface area (Å²) in [6.07, 6.45) is 5.40. The zero-order valence-electron chi connectivity index (χ0n) is 11.1. The van der Waals surface area contributed by atoms with Crippen molar-refractivity contribution in [3.63, 3.8) is 0 Å². The maximum absolute atomic E-state index is 5.66. The van der Waals surface area contributed by atoms with E-state index in [1.165, 1.54) is 30.6 Å². The van der Waals surface area contributed by atoms with E-state index in [0.29, 0.717) is 6.04 Å². The Kier molecular flexibility index (Phi) is 5.02. The van der Waals surface area contributed by atoms with E-state index in [2.05, 4.69) is 54.7 Å². The molecule has 0 spiro atoms. The second-order valence-electron chi connectivity index (χ2n) is 5.25. The molecule has 2 aromatic rings. The molecule has 1 N–H and O–H groups in total. The second-order valence-corrected chi connectivity index (χ2v) is 7.81. The predicted molar refractivity (Wildman–Crippen MR) is 90.0 cm³/mol. The minimum atomic E-state index is 0.458. The summed E-state index contributed by atoms with van der Waals surface area (Å²) < 4.78 is 7.40. The van der Waals surface area contributed by atoms with Crippen molar-refractivity contribution in [2.45, 2.75) is 38.3 Å². The van der Waals surface area contributed by atoms with Crippen molar-refractivity contribution >= 4 is 43.2 Å². The highest BCUT2D eigenvalue weighted by molar-refractivity contribution is 9.13. The third-order valence-corrected chi connectivity index (χ3v) is 6.58. The Hall–Kier alpha value is -0.100. The van der Waals surface area contributed by atoms with E-state index in [-0.39, 0.29) is 0 Å². The Labute approximate surface area is 140 Å². The summed E-state index contributed by atoms with van der Waals surface area (Å²) in [6, 6.07) is 6.87. The molecule has 108 valence electrons. The lowest BCUT2D eigenvalue weighted by atomic mass is 9.96. The van der Waals surface area contributed by atoms with Crippen molar-refractivity contribution in [2.75, 3.05) is 0 Å². The van der Waals surface area contributed by atoms with Crippen LogP contribution in [-0.4, -0.2) is 0 Å². The Balaban J connectivity index is 1.70. The van der Waals surface area contributed by atoms with Crippen molar-refractivity contribution in [3.05, 3.63) is 43.4 Å². The predicted octanol–water partition coefficient (Wildman–Crippen LogP) is 5.89. The first-order valence-corrected chi connectivity index (χ1v) is 9.41. The maximum Gasteiger partial charge on any atom is 0.183 e. The minimum Gasteiger partial charge on any atom is -0.452 e. The number of nitrogens with one attached hydrogen (secondary N) is 1. The molecule has 0 aliphatic heterocycles. The number of furan rings is 1. The minimum absolute atomic E-state index is 0.458. The molecule has 20 heavy (non-hydrogen) atoms. The third kappa shape index (κ3) is 3.38. The molecule has 1 fully saturated rings. The van der Waals surface area contributed by atoms with Gasteiger partial charge in [-0.15, -0.1) is 11.3 Å². The number of rotatable bonds is 5. The van der Waals surface area contributed by atoms with Gasteiger partial charge in [0.1, 0.15) is 5.76 Å². The maximum atomic E-state index is 5.66. The fourth-order valence-corrected chi connectivity index (χ4v) is 4.50. The molecule has 1 saturated carbocycles. The van der Waals surface area contributed by atoms with E-state index >= 15 is 0 Å². The van der Waals surface area contributed by atoms with Gasteiger partial charge in [-0.3, -0.25) is 0 Å². The fourth-order valence-electron chi connectivity index (χ4n) is 2.95. The summed E-state index contributed by atoms with van der Waals surface area (Å²) >= 11 is 8.70. The highest BCUT2D eigenvalue weighted by Gasteiger charge is 2.26. The lowest BCUT2D eigenvalue weighted by Gasteiger charge is -2.23. The molecule has 0 aromatic carbocycles. The average Bonchev–Trinajstić information content (AvgIpc) is 3.15. The molecule has 5 heteroatoms. The normalized spacial score (nSPS) is 17.7. The molecular weight excluding hydrogens is 402 g/mol. The molecule has 0 radical (unpaired) electrons. The number of thiophene rings is 1. The molecule has 0 bridgehead atoms. The van der Waals surface area contributed by atoms with Gasteiger partial charge in [0.25, 0.3) is 0 Å². The summed E-state index contributed by atoms with van der Waals surface area (Å²) in [6.45, 7) is 0.767. The first-order valence-electron chi connectivity index (χ1n) is 6.94. The molecule has 3 rings (SSSR count). The van der Waals surface area contributed by atoms with Gasteiger partial charge in [-0.05, 0) is 68.1 Å².